The lowest BCUT2D eigenvalue weighted by Crippen LogP contribution is -2.30. The third kappa shape index (κ3) is 3.33. The largest absolute Gasteiger partial charge is 0.481 e. The van der Waals surface area contributed by atoms with Gasteiger partial charge in [-0.2, -0.15) is 4.98 Å². The van der Waals surface area contributed by atoms with E-state index in [2.05, 4.69) is 30.9 Å². The van der Waals surface area contributed by atoms with E-state index in [4.69, 9.17) is 4.52 Å². The van der Waals surface area contributed by atoms with E-state index in [9.17, 15) is 9.90 Å². The highest BCUT2D eigenvalue weighted by atomic mass is 16.5. The number of carboxylic acids is 1. The SMILES string of the molecule is CC(C)(C)Cc1noc(CC2(C(=O)O)CCCC2)n1. The molecule has 106 valence electrons. The summed E-state index contributed by atoms with van der Waals surface area (Å²) in [6.07, 6.45) is 4.44. The molecule has 1 aliphatic carbocycles. The molecule has 0 spiro atoms. The molecule has 19 heavy (non-hydrogen) atoms. The van der Waals surface area contributed by atoms with E-state index in [0.717, 1.165) is 19.3 Å². The van der Waals surface area contributed by atoms with Gasteiger partial charge in [0.1, 0.15) is 0 Å². The van der Waals surface area contributed by atoms with Crippen molar-refractivity contribution in [2.24, 2.45) is 10.8 Å². The van der Waals surface area contributed by atoms with Crippen LogP contribution in [0.15, 0.2) is 4.52 Å². The summed E-state index contributed by atoms with van der Waals surface area (Å²) in [5.74, 6) is 0.394. The normalized spacial score (nSPS) is 18.7. The van der Waals surface area contributed by atoms with Crippen LogP contribution < -0.4 is 0 Å². The zero-order chi connectivity index (χ0) is 14.1. The lowest BCUT2D eigenvalue weighted by Gasteiger charge is -2.21. The highest BCUT2D eigenvalue weighted by Gasteiger charge is 2.42. The molecule has 1 aliphatic rings. The summed E-state index contributed by atoms with van der Waals surface area (Å²) in [5, 5.41) is 13.4. The van der Waals surface area contributed by atoms with Crippen molar-refractivity contribution >= 4 is 5.97 Å². The minimum Gasteiger partial charge on any atom is -0.481 e. The van der Waals surface area contributed by atoms with Crippen LogP contribution >= 0.6 is 0 Å². The summed E-state index contributed by atoms with van der Waals surface area (Å²) in [4.78, 5) is 15.8. The van der Waals surface area contributed by atoms with Crippen molar-refractivity contribution in [1.29, 1.82) is 0 Å². The van der Waals surface area contributed by atoms with Crippen molar-refractivity contribution in [3.63, 3.8) is 0 Å². The molecule has 1 heterocycles. The fraction of sp³-hybridized carbons (Fsp3) is 0.786. The van der Waals surface area contributed by atoms with Crippen LogP contribution in [0, 0.1) is 10.8 Å². The minimum absolute atomic E-state index is 0.0962. The number of aliphatic carboxylic acids is 1. The van der Waals surface area contributed by atoms with Crippen LogP contribution in [-0.4, -0.2) is 21.2 Å². The van der Waals surface area contributed by atoms with Crippen molar-refractivity contribution in [2.75, 3.05) is 0 Å². The summed E-state index contributed by atoms with van der Waals surface area (Å²) in [6, 6.07) is 0. The summed E-state index contributed by atoms with van der Waals surface area (Å²) in [6.45, 7) is 6.33. The number of rotatable bonds is 4. The Labute approximate surface area is 113 Å². The molecule has 2 rings (SSSR count). The first-order valence-electron chi connectivity index (χ1n) is 6.86. The van der Waals surface area contributed by atoms with Crippen LogP contribution in [0.5, 0.6) is 0 Å². The fourth-order valence-electron chi connectivity index (χ4n) is 2.72. The van der Waals surface area contributed by atoms with Gasteiger partial charge in [-0.3, -0.25) is 4.79 Å². The van der Waals surface area contributed by atoms with E-state index in [-0.39, 0.29) is 5.41 Å². The monoisotopic (exact) mass is 266 g/mol. The Morgan fingerprint density at radius 1 is 1.37 bits per heavy atom. The number of hydrogen-bond acceptors (Lipinski definition) is 4. The zero-order valence-corrected chi connectivity index (χ0v) is 11.9. The maximum Gasteiger partial charge on any atom is 0.310 e. The molecule has 0 amide bonds. The summed E-state index contributed by atoms with van der Waals surface area (Å²) in [7, 11) is 0. The first-order chi connectivity index (χ1) is 8.81. The van der Waals surface area contributed by atoms with Crippen LogP contribution in [0.2, 0.25) is 0 Å². The highest BCUT2D eigenvalue weighted by Crippen LogP contribution is 2.41. The van der Waals surface area contributed by atoms with Crippen LogP contribution in [0.1, 0.15) is 58.2 Å². The van der Waals surface area contributed by atoms with Crippen molar-refractivity contribution in [2.45, 2.75) is 59.3 Å². The third-order valence-corrected chi connectivity index (χ3v) is 3.70. The molecule has 0 saturated heterocycles. The maximum absolute atomic E-state index is 11.5. The Kier molecular flexibility index (Phi) is 3.65. The minimum atomic E-state index is -0.736. The second-order valence-electron chi connectivity index (χ2n) is 6.81. The Hall–Kier alpha value is -1.39. The zero-order valence-electron chi connectivity index (χ0n) is 11.9. The maximum atomic E-state index is 11.5. The first-order valence-corrected chi connectivity index (χ1v) is 6.86. The molecular formula is C14H22N2O3. The molecule has 1 N–H and O–H groups in total. The molecule has 0 radical (unpaired) electrons. The van der Waals surface area contributed by atoms with E-state index < -0.39 is 11.4 Å². The van der Waals surface area contributed by atoms with Crippen LogP contribution in [-0.2, 0) is 17.6 Å². The average Bonchev–Trinajstić information content (AvgIpc) is 2.87. The number of nitrogens with zero attached hydrogens (tertiary/aromatic N) is 2. The average molecular weight is 266 g/mol. The van der Waals surface area contributed by atoms with Gasteiger partial charge in [-0.15, -0.1) is 0 Å². The van der Waals surface area contributed by atoms with Gasteiger partial charge in [0.05, 0.1) is 5.41 Å². The van der Waals surface area contributed by atoms with E-state index in [1.54, 1.807) is 0 Å². The van der Waals surface area contributed by atoms with Gasteiger partial charge in [-0.1, -0.05) is 38.8 Å². The van der Waals surface area contributed by atoms with Gasteiger partial charge in [0, 0.05) is 12.8 Å². The Morgan fingerprint density at radius 2 is 2.00 bits per heavy atom. The Morgan fingerprint density at radius 3 is 2.53 bits per heavy atom. The summed E-state index contributed by atoms with van der Waals surface area (Å²) >= 11 is 0. The highest BCUT2D eigenvalue weighted by molar-refractivity contribution is 5.75. The number of carbonyl (C=O) groups is 1. The molecule has 1 saturated carbocycles. The molecule has 1 aromatic heterocycles. The van der Waals surface area contributed by atoms with Gasteiger partial charge in [0.15, 0.2) is 5.82 Å². The van der Waals surface area contributed by atoms with Crippen LogP contribution in [0.4, 0.5) is 0 Å². The molecule has 0 atom stereocenters. The molecule has 1 fully saturated rings. The van der Waals surface area contributed by atoms with Gasteiger partial charge in [-0.25, -0.2) is 0 Å². The second kappa shape index (κ2) is 4.94. The van der Waals surface area contributed by atoms with E-state index in [0.29, 0.717) is 31.0 Å². The molecular weight excluding hydrogens is 244 g/mol. The standard InChI is InChI=1S/C14H22N2O3/c1-13(2,3)8-10-15-11(19-16-10)9-14(12(17)18)6-4-5-7-14/h4-9H2,1-3H3,(H,17,18). The van der Waals surface area contributed by atoms with Gasteiger partial charge in [0.25, 0.3) is 0 Å². The second-order valence-corrected chi connectivity index (χ2v) is 6.81. The van der Waals surface area contributed by atoms with E-state index >= 15 is 0 Å². The van der Waals surface area contributed by atoms with Gasteiger partial charge < -0.3 is 9.63 Å². The predicted molar refractivity (Wildman–Crippen MR) is 69.7 cm³/mol. The molecule has 0 aliphatic heterocycles. The van der Waals surface area contributed by atoms with Gasteiger partial charge in [0.2, 0.25) is 5.89 Å². The topological polar surface area (TPSA) is 76.2 Å². The van der Waals surface area contributed by atoms with Crippen molar-refractivity contribution in [3.05, 3.63) is 11.7 Å². The molecule has 0 bridgehead atoms. The van der Waals surface area contributed by atoms with E-state index in [1.165, 1.54) is 0 Å². The third-order valence-electron chi connectivity index (χ3n) is 3.70. The fourth-order valence-corrected chi connectivity index (χ4v) is 2.72. The first kappa shape index (κ1) is 14.0. The Bertz CT molecular complexity index is 454. The van der Waals surface area contributed by atoms with Gasteiger partial charge in [-0.05, 0) is 18.3 Å². The molecule has 0 aromatic carbocycles. The number of hydrogen-bond donors (Lipinski definition) is 1. The van der Waals surface area contributed by atoms with Crippen LogP contribution in [0.25, 0.3) is 0 Å². The lowest BCUT2D eigenvalue weighted by molar-refractivity contribution is -0.148. The van der Waals surface area contributed by atoms with Crippen LogP contribution in [0.3, 0.4) is 0 Å². The summed E-state index contributed by atoms with van der Waals surface area (Å²) < 4.78 is 5.22. The molecule has 0 unspecified atom stereocenters. The smallest absolute Gasteiger partial charge is 0.310 e. The van der Waals surface area contributed by atoms with Crippen molar-refractivity contribution in [3.8, 4) is 0 Å². The summed E-state index contributed by atoms with van der Waals surface area (Å²) in [5.41, 5.74) is -0.593. The lowest BCUT2D eigenvalue weighted by atomic mass is 9.83. The molecule has 5 nitrogen and oxygen atoms in total. The number of aromatic nitrogens is 2. The predicted octanol–water partition coefficient (Wildman–Crippen LogP) is 2.85. The molecule has 1 aromatic rings. The van der Waals surface area contributed by atoms with Crippen molar-refractivity contribution < 1.29 is 14.4 Å². The quantitative estimate of drug-likeness (QED) is 0.906. The number of carboxylic acid groups (broad SMARTS) is 1. The van der Waals surface area contributed by atoms with Crippen molar-refractivity contribution in [1.82, 2.24) is 10.1 Å². The van der Waals surface area contributed by atoms with E-state index in [1.807, 2.05) is 0 Å². The van der Waals surface area contributed by atoms with Gasteiger partial charge >= 0.3 is 5.97 Å². The Balaban J connectivity index is 2.09. The molecule has 5 heteroatoms.